The summed E-state index contributed by atoms with van der Waals surface area (Å²) in [4.78, 5) is 10.6. The van der Waals surface area contributed by atoms with Gasteiger partial charge in [-0.15, -0.1) is 0 Å². The van der Waals surface area contributed by atoms with E-state index in [9.17, 15) is 4.79 Å². The molecular formula is C10H20OSi. The fourth-order valence-electron chi connectivity index (χ4n) is 0.841. The molecule has 0 fully saturated rings. The molecule has 0 radical (unpaired) electrons. The lowest BCUT2D eigenvalue weighted by Crippen LogP contribution is -2.17. The summed E-state index contributed by atoms with van der Waals surface area (Å²) >= 11 is 0. The Morgan fingerprint density at radius 2 is 1.83 bits per heavy atom. The van der Waals surface area contributed by atoms with Crippen molar-refractivity contribution in [2.75, 3.05) is 0 Å². The van der Waals surface area contributed by atoms with E-state index in [-0.39, 0.29) is 5.78 Å². The molecule has 0 saturated carbocycles. The SMILES string of the molecule is CC(=O)CC/C=C/C[Si](C)(C)C. The number of allylic oxidation sites excluding steroid dienone is 2. The molecule has 1 nitrogen and oxygen atoms in total. The van der Waals surface area contributed by atoms with E-state index in [0.29, 0.717) is 6.42 Å². The molecule has 0 aliphatic heterocycles. The Bertz CT molecular complexity index is 165. The second-order valence-electron chi connectivity index (χ2n) is 4.48. The van der Waals surface area contributed by atoms with Crippen molar-refractivity contribution in [3.8, 4) is 0 Å². The Kier molecular flexibility index (Phi) is 5.14. The van der Waals surface area contributed by atoms with Gasteiger partial charge in [-0.2, -0.15) is 0 Å². The predicted molar refractivity (Wildman–Crippen MR) is 57.2 cm³/mol. The van der Waals surface area contributed by atoms with Crippen molar-refractivity contribution in [1.29, 1.82) is 0 Å². The fourth-order valence-corrected chi connectivity index (χ4v) is 1.72. The zero-order chi connectivity index (χ0) is 9.61. The highest BCUT2D eigenvalue weighted by Crippen LogP contribution is 2.08. The van der Waals surface area contributed by atoms with Gasteiger partial charge in [0.05, 0.1) is 0 Å². The molecule has 0 unspecified atom stereocenters. The van der Waals surface area contributed by atoms with E-state index in [2.05, 4.69) is 31.8 Å². The number of hydrogen-bond acceptors (Lipinski definition) is 1. The van der Waals surface area contributed by atoms with Crippen LogP contribution in [0.15, 0.2) is 12.2 Å². The van der Waals surface area contributed by atoms with Crippen molar-refractivity contribution in [1.82, 2.24) is 0 Å². The molecule has 0 N–H and O–H groups in total. The molecular weight excluding hydrogens is 164 g/mol. The zero-order valence-electron chi connectivity index (χ0n) is 8.68. The Balaban J connectivity index is 3.45. The van der Waals surface area contributed by atoms with Crippen molar-refractivity contribution in [2.45, 2.75) is 45.5 Å². The van der Waals surface area contributed by atoms with Crippen LogP contribution >= 0.6 is 0 Å². The van der Waals surface area contributed by atoms with Gasteiger partial charge in [0.15, 0.2) is 0 Å². The topological polar surface area (TPSA) is 17.1 Å². The third-order valence-electron chi connectivity index (χ3n) is 1.56. The lowest BCUT2D eigenvalue weighted by Gasteiger charge is -2.11. The Morgan fingerprint density at radius 1 is 1.25 bits per heavy atom. The molecule has 0 aromatic heterocycles. The normalized spacial score (nSPS) is 12.3. The Hall–Kier alpha value is -0.373. The van der Waals surface area contributed by atoms with Gasteiger partial charge in [-0.1, -0.05) is 31.8 Å². The number of Topliss-reactive ketones (excluding diaryl/α,β-unsaturated/α-hetero) is 1. The van der Waals surface area contributed by atoms with E-state index in [1.807, 2.05) is 0 Å². The summed E-state index contributed by atoms with van der Waals surface area (Å²) in [7, 11) is -0.906. The molecule has 0 aliphatic carbocycles. The van der Waals surface area contributed by atoms with Gasteiger partial charge in [0.2, 0.25) is 0 Å². The van der Waals surface area contributed by atoms with E-state index >= 15 is 0 Å². The Labute approximate surface area is 76.9 Å². The monoisotopic (exact) mass is 184 g/mol. The van der Waals surface area contributed by atoms with Crippen molar-refractivity contribution in [3.05, 3.63) is 12.2 Å². The molecule has 0 aliphatic rings. The van der Waals surface area contributed by atoms with Crippen LogP contribution in [0.2, 0.25) is 25.7 Å². The van der Waals surface area contributed by atoms with Crippen molar-refractivity contribution in [3.63, 3.8) is 0 Å². The first kappa shape index (κ1) is 11.6. The average molecular weight is 184 g/mol. The lowest BCUT2D eigenvalue weighted by atomic mass is 10.2. The summed E-state index contributed by atoms with van der Waals surface area (Å²) in [5, 5.41) is 0. The summed E-state index contributed by atoms with van der Waals surface area (Å²) < 4.78 is 0. The molecule has 0 aromatic rings. The quantitative estimate of drug-likeness (QED) is 0.473. The highest BCUT2D eigenvalue weighted by molar-refractivity contribution is 6.76. The van der Waals surface area contributed by atoms with Gasteiger partial charge >= 0.3 is 0 Å². The van der Waals surface area contributed by atoms with Gasteiger partial charge in [0.25, 0.3) is 0 Å². The summed E-state index contributed by atoms with van der Waals surface area (Å²) in [5.74, 6) is 0.285. The summed E-state index contributed by atoms with van der Waals surface area (Å²) in [6.07, 6.45) is 5.98. The third kappa shape index (κ3) is 9.63. The summed E-state index contributed by atoms with van der Waals surface area (Å²) in [6, 6.07) is 1.23. The van der Waals surface area contributed by atoms with Crippen LogP contribution in [0, 0.1) is 0 Å². The van der Waals surface area contributed by atoms with E-state index in [4.69, 9.17) is 0 Å². The number of carbonyl (C=O) groups excluding carboxylic acids is 1. The van der Waals surface area contributed by atoms with Crippen LogP contribution < -0.4 is 0 Å². The molecule has 0 bridgehead atoms. The third-order valence-corrected chi connectivity index (χ3v) is 3.02. The standard InChI is InChI=1S/C10H20OSi/c1-10(11)8-6-5-7-9-12(2,3)4/h5,7H,6,8-9H2,1-4H3/b7-5+. The fraction of sp³-hybridized carbons (Fsp3) is 0.700. The molecule has 0 amide bonds. The van der Waals surface area contributed by atoms with Gasteiger partial charge in [-0.05, 0) is 19.4 Å². The van der Waals surface area contributed by atoms with Crippen LogP contribution in [0.1, 0.15) is 19.8 Å². The number of ketones is 1. The van der Waals surface area contributed by atoms with Crippen LogP contribution in [0.25, 0.3) is 0 Å². The van der Waals surface area contributed by atoms with Crippen LogP contribution in [-0.4, -0.2) is 13.9 Å². The van der Waals surface area contributed by atoms with E-state index < -0.39 is 8.07 Å². The second-order valence-corrected chi connectivity index (χ2v) is 10.0. The number of rotatable bonds is 5. The van der Waals surface area contributed by atoms with E-state index in [1.165, 1.54) is 6.04 Å². The highest BCUT2D eigenvalue weighted by atomic mass is 28.3. The maximum Gasteiger partial charge on any atom is 0.130 e. The maximum atomic E-state index is 10.6. The highest BCUT2D eigenvalue weighted by Gasteiger charge is 2.08. The van der Waals surface area contributed by atoms with Crippen molar-refractivity contribution >= 4 is 13.9 Å². The minimum absolute atomic E-state index is 0.285. The molecule has 12 heavy (non-hydrogen) atoms. The first-order valence-electron chi connectivity index (χ1n) is 4.56. The molecule has 0 heterocycles. The summed E-state index contributed by atoms with van der Waals surface area (Å²) in [6.45, 7) is 8.69. The second kappa shape index (κ2) is 5.30. The predicted octanol–water partition coefficient (Wildman–Crippen LogP) is 3.25. The smallest absolute Gasteiger partial charge is 0.130 e. The van der Waals surface area contributed by atoms with E-state index in [1.54, 1.807) is 6.92 Å². The van der Waals surface area contributed by atoms with Gasteiger partial charge in [-0.3, -0.25) is 0 Å². The molecule has 0 atom stereocenters. The van der Waals surface area contributed by atoms with Crippen LogP contribution in [-0.2, 0) is 4.79 Å². The number of carbonyl (C=O) groups is 1. The van der Waals surface area contributed by atoms with Crippen LogP contribution in [0.3, 0.4) is 0 Å². The minimum Gasteiger partial charge on any atom is -0.300 e. The van der Waals surface area contributed by atoms with Crippen LogP contribution in [0.5, 0.6) is 0 Å². The molecule has 0 saturated heterocycles. The Morgan fingerprint density at radius 3 is 2.25 bits per heavy atom. The molecule has 0 rings (SSSR count). The van der Waals surface area contributed by atoms with Gasteiger partial charge in [0.1, 0.15) is 5.78 Å². The first-order chi connectivity index (χ1) is 5.42. The zero-order valence-corrected chi connectivity index (χ0v) is 9.68. The van der Waals surface area contributed by atoms with Gasteiger partial charge < -0.3 is 4.79 Å². The lowest BCUT2D eigenvalue weighted by molar-refractivity contribution is -0.116. The molecule has 0 aromatic carbocycles. The number of hydrogen-bond donors (Lipinski definition) is 0. The van der Waals surface area contributed by atoms with Gasteiger partial charge in [-0.25, -0.2) is 0 Å². The van der Waals surface area contributed by atoms with E-state index in [0.717, 1.165) is 6.42 Å². The summed E-state index contributed by atoms with van der Waals surface area (Å²) in [5.41, 5.74) is 0. The molecule has 2 heteroatoms. The van der Waals surface area contributed by atoms with Crippen molar-refractivity contribution < 1.29 is 4.79 Å². The van der Waals surface area contributed by atoms with Crippen LogP contribution in [0.4, 0.5) is 0 Å². The molecule has 70 valence electrons. The van der Waals surface area contributed by atoms with Crippen molar-refractivity contribution in [2.24, 2.45) is 0 Å². The maximum absolute atomic E-state index is 10.6. The first-order valence-corrected chi connectivity index (χ1v) is 8.27. The minimum atomic E-state index is -0.906. The van der Waals surface area contributed by atoms with Gasteiger partial charge in [0, 0.05) is 14.5 Å². The average Bonchev–Trinajstić information content (AvgIpc) is 1.83. The molecule has 0 spiro atoms. The largest absolute Gasteiger partial charge is 0.300 e.